The fourth-order valence-electron chi connectivity index (χ4n) is 3.52. The van der Waals surface area contributed by atoms with E-state index < -0.39 is 0 Å². The number of methoxy groups -OCH3 is 1. The van der Waals surface area contributed by atoms with Crippen molar-refractivity contribution in [1.82, 2.24) is 10.2 Å². The zero-order valence-electron chi connectivity index (χ0n) is 15.1. The Morgan fingerprint density at radius 3 is 2.58 bits per heavy atom. The Hall–Kier alpha value is -2.40. The first-order valence-electron chi connectivity index (χ1n) is 9.06. The molecule has 0 radical (unpaired) electrons. The summed E-state index contributed by atoms with van der Waals surface area (Å²) in [4.78, 5) is 14.7. The number of hydrogen-bond acceptors (Lipinski definition) is 3. The maximum absolute atomic E-state index is 13.8. The van der Waals surface area contributed by atoms with Crippen molar-refractivity contribution in [2.75, 3.05) is 26.7 Å². The van der Waals surface area contributed by atoms with Crippen LogP contribution < -0.4 is 10.1 Å². The number of nitrogens with zero attached hydrogens (tertiary/aromatic N) is 1. The third-order valence-electron chi connectivity index (χ3n) is 4.88. The van der Waals surface area contributed by atoms with Crippen molar-refractivity contribution in [1.29, 1.82) is 0 Å². The Morgan fingerprint density at radius 1 is 1.15 bits per heavy atom. The molecule has 1 atom stereocenters. The number of likely N-dealkylation sites (tertiary alicyclic amines) is 1. The van der Waals surface area contributed by atoms with Gasteiger partial charge in [0.25, 0.3) is 0 Å². The fraction of sp³-hybridized carbons (Fsp3) is 0.381. The summed E-state index contributed by atoms with van der Waals surface area (Å²) in [5, 5.41) is 2.98. The number of amides is 1. The van der Waals surface area contributed by atoms with Crippen LogP contribution >= 0.6 is 0 Å². The molecule has 1 aliphatic heterocycles. The van der Waals surface area contributed by atoms with Gasteiger partial charge in [-0.3, -0.25) is 9.69 Å². The Balaban J connectivity index is 1.70. The minimum atomic E-state index is -0.344. The van der Waals surface area contributed by atoms with Gasteiger partial charge in [0.05, 0.1) is 19.6 Å². The summed E-state index contributed by atoms with van der Waals surface area (Å²) in [5.41, 5.74) is 1.49. The summed E-state index contributed by atoms with van der Waals surface area (Å²) in [5.74, 6) is 0.311. The highest BCUT2D eigenvalue weighted by molar-refractivity contribution is 5.78. The molecule has 0 saturated carbocycles. The maximum atomic E-state index is 13.8. The Morgan fingerprint density at radius 2 is 1.85 bits per heavy atom. The van der Waals surface area contributed by atoms with Gasteiger partial charge in [0, 0.05) is 12.1 Å². The van der Waals surface area contributed by atoms with Crippen molar-refractivity contribution in [3.63, 3.8) is 0 Å². The number of benzene rings is 2. The first kappa shape index (κ1) is 18.4. The van der Waals surface area contributed by atoms with E-state index in [0.717, 1.165) is 37.2 Å². The molecular formula is C21H25FN2O2. The predicted octanol–water partition coefficient (Wildman–Crippen LogP) is 3.33. The quantitative estimate of drug-likeness (QED) is 0.827. The Bertz CT molecular complexity index is 744. The molecule has 1 heterocycles. The van der Waals surface area contributed by atoms with Gasteiger partial charge in [0.1, 0.15) is 11.6 Å². The number of carbonyl (C=O) groups excluding carboxylic acids is 1. The molecule has 1 fully saturated rings. The average molecular weight is 356 g/mol. The van der Waals surface area contributed by atoms with Crippen LogP contribution in [0.3, 0.4) is 0 Å². The van der Waals surface area contributed by atoms with Gasteiger partial charge >= 0.3 is 0 Å². The second-order valence-electron chi connectivity index (χ2n) is 6.57. The molecule has 0 spiro atoms. The number of halogens is 1. The summed E-state index contributed by atoms with van der Waals surface area (Å²) >= 11 is 0. The minimum Gasteiger partial charge on any atom is -0.496 e. The Kier molecular flexibility index (Phi) is 6.23. The highest BCUT2D eigenvalue weighted by Crippen LogP contribution is 2.31. The fourth-order valence-corrected chi connectivity index (χ4v) is 3.52. The summed E-state index contributed by atoms with van der Waals surface area (Å²) in [6, 6.07) is 14.4. The van der Waals surface area contributed by atoms with Crippen molar-refractivity contribution in [3.05, 3.63) is 65.5 Å². The van der Waals surface area contributed by atoms with Crippen LogP contribution in [-0.4, -0.2) is 37.6 Å². The van der Waals surface area contributed by atoms with E-state index in [1.54, 1.807) is 25.3 Å². The number of carbonyl (C=O) groups is 1. The zero-order valence-corrected chi connectivity index (χ0v) is 15.1. The van der Waals surface area contributed by atoms with Crippen molar-refractivity contribution in [3.8, 4) is 5.75 Å². The lowest BCUT2D eigenvalue weighted by Gasteiger charge is -2.29. The number of nitrogens with one attached hydrogen (secondary N) is 1. The average Bonchev–Trinajstić information content (AvgIpc) is 3.19. The molecule has 1 amide bonds. The van der Waals surface area contributed by atoms with E-state index in [0.29, 0.717) is 12.1 Å². The molecule has 2 aromatic carbocycles. The Labute approximate surface area is 154 Å². The third kappa shape index (κ3) is 4.41. The van der Waals surface area contributed by atoms with Gasteiger partial charge in [0.15, 0.2) is 0 Å². The number of para-hydroxylation sites is 1. The molecule has 138 valence electrons. The van der Waals surface area contributed by atoms with Gasteiger partial charge in [0.2, 0.25) is 5.91 Å². The lowest BCUT2D eigenvalue weighted by atomic mass is 10.0. The molecule has 3 rings (SSSR count). The van der Waals surface area contributed by atoms with Crippen molar-refractivity contribution >= 4 is 5.91 Å². The summed E-state index contributed by atoms with van der Waals surface area (Å²) < 4.78 is 19.3. The van der Waals surface area contributed by atoms with Crippen LogP contribution in [0.4, 0.5) is 4.39 Å². The smallest absolute Gasteiger partial charge is 0.224 e. The molecule has 1 N–H and O–H groups in total. The van der Waals surface area contributed by atoms with Gasteiger partial charge in [-0.15, -0.1) is 0 Å². The van der Waals surface area contributed by atoms with E-state index in [1.807, 2.05) is 24.3 Å². The molecule has 0 aliphatic carbocycles. The molecular weight excluding hydrogens is 331 g/mol. The van der Waals surface area contributed by atoms with Crippen molar-refractivity contribution in [2.45, 2.75) is 25.3 Å². The van der Waals surface area contributed by atoms with E-state index in [2.05, 4.69) is 10.2 Å². The van der Waals surface area contributed by atoms with Crippen LogP contribution in [0.2, 0.25) is 0 Å². The lowest BCUT2D eigenvalue weighted by Crippen LogP contribution is -2.37. The highest BCUT2D eigenvalue weighted by atomic mass is 19.1. The molecule has 0 aromatic heterocycles. The zero-order chi connectivity index (χ0) is 18.4. The topological polar surface area (TPSA) is 41.6 Å². The van der Waals surface area contributed by atoms with E-state index >= 15 is 0 Å². The highest BCUT2D eigenvalue weighted by Gasteiger charge is 2.26. The van der Waals surface area contributed by atoms with Gasteiger partial charge < -0.3 is 10.1 Å². The first-order valence-corrected chi connectivity index (χ1v) is 9.06. The summed E-state index contributed by atoms with van der Waals surface area (Å²) in [6.07, 6.45) is 2.37. The van der Waals surface area contributed by atoms with Gasteiger partial charge in [-0.1, -0.05) is 36.4 Å². The molecule has 1 aliphatic rings. The first-order chi connectivity index (χ1) is 12.7. The van der Waals surface area contributed by atoms with Crippen LogP contribution in [0.1, 0.15) is 30.0 Å². The second-order valence-corrected chi connectivity index (χ2v) is 6.57. The number of hydrogen-bond donors (Lipinski definition) is 1. The van der Waals surface area contributed by atoms with Crippen LogP contribution in [0.5, 0.6) is 5.75 Å². The second kappa shape index (κ2) is 8.81. The molecule has 1 saturated heterocycles. The molecule has 4 nitrogen and oxygen atoms in total. The third-order valence-corrected chi connectivity index (χ3v) is 4.88. The lowest BCUT2D eigenvalue weighted by molar-refractivity contribution is -0.120. The van der Waals surface area contributed by atoms with E-state index in [9.17, 15) is 9.18 Å². The van der Waals surface area contributed by atoms with Crippen LogP contribution in [-0.2, 0) is 11.2 Å². The molecule has 2 aromatic rings. The van der Waals surface area contributed by atoms with Gasteiger partial charge in [-0.05, 0) is 43.6 Å². The van der Waals surface area contributed by atoms with Crippen LogP contribution in [0.25, 0.3) is 0 Å². The minimum absolute atomic E-state index is 0.0469. The SMILES string of the molecule is COc1ccccc1[C@H](CNC(=O)Cc1ccccc1F)N1CCCC1. The molecule has 26 heavy (non-hydrogen) atoms. The number of ether oxygens (including phenoxy) is 1. The molecule has 5 heteroatoms. The standard InChI is InChI=1S/C21H25FN2O2/c1-26-20-11-5-3-9-17(20)19(24-12-6-7-13-24)15-23-21(25)14-16-8-2-4-10-18(16)22/h2-5,8-11,19H,6-7,12-15H2,1H3,(H,23,25)/t19-/m0/s1. The monoisotopic (exact) mass is 356 g/mol. The molecule has 0 unspecified atom stereocenters. The van der Waals surface area contributed by atoms with E-state index in [-0.39, 0.29) is 24.2 Å². The van der Waals surface area contributed by atoms with Crippen molar-refractivity contribution in [2.24, 2.45) is 0 Å². The van der Waals surface area contributed by atoms with Gasteiger partial charge in [-0.25, -0.2) is 4.39 Å². The van der Waals surface area contributed by atoms with E-state index in [4.69, 9.17) is 4.74 Å². The van der Waals surface area contributed by atoms with Crippen LogP contribution in [0.15, 0.2) is 48.5 Å². The predicted molar refractivity (Wildman–Crippen MR) is 99.7 cm³/mol. The van der Waals surface area contributed by atoms with E-state index in [1.165, 1.54) is 6.07 Å². The summed E-state index contributed by atoms with van der Waals surface area (Å²) in [7, 11) is 1.66. The largest absolute Gasteiger partial charge is 0.496 e. The molecule has 0 bridgehead atoms. The van der Waals surface area contributed by atoms with Crippen LogP contribution in [0, 0.1) is 5.82 Å². The summed E-state index contributed by atoms with van der Waals surface area (Å²) in [6.45, 7) is 2.49. The maximum Gasteiger partial charge on any atom is 0.224 e. The van der Waals surface area contributed by atoms with Gasteiger partial charge in [-0.2, -0.15) is 0 Å². The number of rotatable bonds is 7. The van der Waals surface area contributed by atoms with Crippen molar-refractivity contribution < 1.29 is 13.9 Å². The normalized spacial score (nSPS) is 15.6.